The minimum Gasteiger partial charge on any atom is -0.496 e. The van der Waals surface area contributed by atoms with Crippen LogP contribution in [0.2, 0.25) is 0 Å². The normalized spacial score (nSPS) is 14.3. The van der Waals surface area contributed by atoms with Gasteiger partial charge in [-0.3, -0.25) is 9.59 Å². The Hall–Kier alpha value is -3.74. The molecule has 0 saturated carbocycles. The molecule has 0 aromatic heterocycles. The largest absolute Gasteiger partial charge is 0.496 e. The zero-order valence-corrected chi connectivity index (χ0v) is 27.9. The summed E-state index contributed by atoms with van der Waals surface area (Å²) in [6.07, 6.45) is 3.52. The van der Waals surface area contributed by atoms with E-state index in [-0.39, 0.29) is 46.7 Å². The van der Waals surface area contributed by atoms with Crippen molar-refractivity contribution in [3.05, 3.63) is 100 Å². The molecule has 1 heterocycles. The fourth-order valence-electron chi connectivity index (χ4n) is 6.13. The van der Waals surface area contributed by atoms with E-state index in [1.54, 1.807) is 36.3 Å². The van der Waals surface area contributed by atoms with E-state index in [9.17, 15) is 18.4 Å². The Bertz CT molecular complexity index is 1390. The second kappa shape index (κ2) is 14.1. The number of hydrogen-bond donors (Lipinski definition) is 0. The molecule has 0 unspecified atom stereocenters. The van der Waals surface area contributed by atoms with E-state index < -0.39 is 0 Å². The number of benzene rings is 3. The van der Waals surface area contributed by atoms with Gasteiger partial charge in [-0.05, 0) is 71.2 Å². The molecule has 0 radical (unpaired) electrons. The summed E-state index contributed by atoms with van der Waals surface area (Å²) >= 11 is 0. The highest BCUT2D eigenvalue weighted by atomic mass is 19.1. The van der Waals surface area contributed by atoms with E-state index in [0.717, 1.165) is 53.7 Å². The number of rotatable bonds is 10. The summed E-state index contributed by atoms with van der Waals surface area (Å²) in [5.74, 6) is 0.125. The lowest BCUT2D eigenvalue weighted by Gasteiger charge is -2.35. The van der Waals surface area contributed by atoms with E-state index in [1.807, 2.05) is 17.0 Å². The van der Waals surface area contributed by atoms with Crippen molar-refractivity contribution in [3.63, 3.8) is 0 Å². The first-order valence-corrected chi connectivity index (χ1v) is 16.0. The number of carbonyl (C=O) groups excluding carboxylic acids is 2. The van der Waals surface area contributed by atoms with E-state index in [2.05, 4.69) is 41.5 Å². The maximum Gasteiger partial charge on any atom is 0.254 e. The number of methoxy groups -OCH3 is 1. The summed E-state index contributed by atoms with van der Waals surface area (Å²) in [6, 6.07) is 16.9. The number of piperazine rings is 1. The van der Waals surface area contributed by atoms with Gasteiger partial charge >= 0.3 is 0 Å². The van der Waals surface area contributed by atoms with E-state index in [1.165, 1.54) is 24.3 Å². The standard InChI is InChI=1S/C38H48F2N2O3/c1-37(2,3)32-23-28(24-33(35(32)45-7)38(4,5)6)36(44)42-22-21-41(34(43)25-42)20-10-8-9-11-31(26-12-16-29(39)17-13-26)27-14-18-30(40)19-15-27/h12-19,23-24,31H,8-11,20-22,25H2,1-7H3. The molecule has 5 nitrogen and oxygen atoms in total. The number of nitrogens with zero attached hydrogens (tertiary/aromatic N) is 2. The Balaban J connectivity index is 1.35. The smallest absolute Gasteiger partial charge is 0.254 e. The Kier molecular flexibility index (Phi) is 10.7. The van der Waals surface area contributed by atoms with Crippen molar-refractivity contribution in [1.29, 1.82) is 0 Å². The summed E-state index contributed by atoms with van der Waals surface area (Å²) in [5.41, 5.74) is 4.09. The predicted molar refractivity (Wildman–Crippen MR) is 176 cm³/mol. The van der Waals surface area contributed by atoms with Gasteiger partial charge in [0.05, 0.1) is 7.11 Å². The fraction of sp³-hybridized carbons (Fsp3) is 0.474. The average molecular weight is 619 g/mol. The zero-order chi connectivity index (χ0) is 32.9. The number of amides is 2. The molecule has 1 aliphatic heterocycles. The van der Waals surface area contributed by atoms with E-state index >= 15 is 0 Å². The molecular weight excluding hydrogens is 570 g/mol. The maximum absolute atomic E-state index is 13.7. The monoisotopic (exact) mass is 618 g/mol. The van der Waals surface area contributed by atoms with Crippen LogP contribution in [0.15, 0.2) is 60.7 Å². The third kappa shape index (κ3) is 8.50. The van der Waals surface area contributed by atoms with Gasteiger partial charge in [0.15, 0.2) is 0 Å². The molecule has 1 saturated heterocycles. The molecule has 7 heteroatoms. The summed E-state index contributed by atoms with van der Waals surface area (Å²) < 4.78 is 33.0. The number of unbranched alkanes of at least 4 members (excludes halogenated alkanes) is 2. The first kappa shape index (κ1) is 34.1. The molecule has 242 valence electrons. The number of hydrogen-bond acceptors (Lipinski definition) is 3. The number of ether oxygens (including phenoxy) is 1. The first-order chi connectivity index (χ1) is 21.2. The summed E-state index contributed by atoms with van der Waals surface area (Å²) in [6.45, 7) is 14.4. The number of halogens is 2. The Morgan fingerprint density at radius 2 is 1.31 bits per heavy atom. The molecular formula is C38H48F2N2O3. The van der Waals surface area contributed by atoms with Crippen LogP contribution in [0.4, 0.5) is 8.78 Å². The SMILES string of the molecule is COc1c(C(C)(C)C)cc(C(=O)N2CCN(CCCCCC(c3ccc(F)cc3)c3ccc(F)cc3)C(=O)C2)cc1C(C)(C)C. The molecule has 3 aromatic rings. The van der Waals surface area contributed by atoms with Gasteiger partial charge in [0.1, 0.15) is 23.9 Å². The van der Waals surface area contributed by atoms with Crippen LogP contribution < -0.4 is 4.74 Å². The highest BCUT2D eigenvalue weighted by Crippen LogP contribution is 2.41. The second-order valence-corrected chi connectivity index (χ2v) is 14.2. The van der Waals surface area contributed by atoms with Crippen LogP contribution >= 0.6 is 0 Å². The zero-order valence-electron chi connectivity index (χ0n) is 27.9. The van der Waals surface area contributed by atoms with Crippen molar-refractivity contribution < 1.29 is 23.1 Å². The molecule has 4 rings (SSSR count). The molecule has 1 fully saturated rings. The van der Waals surface area contributed by atoms with Gasteiger partial charge in [0.25, 0.3) is 5.91 Å². The lowest BCUT2D eigenvalue weighted by molar-refractivity contribution is -0.135. The van der Waals surface area contributed by atoms with Crippen LogP contribution in [0.3, 0.4) is 0 Å². The van der Waals surface area contributed by atoms with Crippen molar-refractivity contribution in [2.45, 2.75) is 84.0 Å². The molecule has 1 aliphatic rings. The molecule has 0 N–H and O–H groups in total. The van der Waals surface area contributed by atoms with Crippen molar-refractivity contribution >= 4 is 11.8 Å². The molecule has 0 spiro atoms. The van der Waals surface area contributed by atoms with Crippen molar-refractivity contribution in [2.75, 3.05) is 33.3 Å². The van der Waals surface area contributed by atoms with Crippen LogP contribution in [-0.4, -0.2) is 54.9 Å². The van der Waals surface area contributed by atoms with Gasteiger partial charge in [0.2, 0.25) is 5.91 Å². The number of carbonyl (C=O) groups is 2. The summed E-state index contributed by atoms with van der Waals surface area (Å²) in [5, 5.41) is 0. The Labute approximate surface area is 267 Å². The minimum atomic E-state index is -0.281. The van der Waals surface area contributed by atoms with Crippen molar-refractivity contribution in [1.82, 2.24) is 9.80 Å². The quantitative estimate of drug-likeness (QED) is 0.215. The summed E-state index contributed by atoms with van der Waals surface area (Å²) in [7, 11) is 1.68. The van der Waals surface area contributed by atoms with Crippen LogP contribution in [0.5, 0.6) is 5.75 Å². The van der Waals surface area contributed by atoms with Gasteiger partial charge < -0.3 is 14.5 Å². The van der Waals surface area contributed by atoms with Crippen LogP contribution in [0, 0.1) is 11.6 Å². The van der Waals surface area contributed by atoms with Gasteiger partial charge in [-0.25, -0.2) is 8.78 Å². The van der Waals surface area contributed by atoms with Gasteiger partial charge in [-0.15, -0.1) is 0 Å². The van der Waals surface area contributed by atoms with Gasteiger partial charge in [-0.1, -0.05) is 78.6 Å². The van der Waals surface area contributed by atoms with Crippen LogP contribution in [0.25, 0.3) is 0 Å². The minimum absolute atomic E-state index is 0.0364. The molecule has 0 aliphatic carbocycles. The molecule has 3 aromatic carbocycles. The third-order valence-corrected chi connectivity index (χ3v) is 8.73. The first-order valence-electron chi connectivity index (χ1n) is 16.0. The predicted octanol–water partition coefficient (Wildman–Crippen LogP) is 8.25. The third-order valence-electron chi connectivity index (χ3n) is 8.73. The van der Waals surface area contributed by atoms with Gasteiger partial charge in [0, 0.05) is 42.2 Å². The lowest BCUT2D eigenvalue weighted by atomic mass is 9.78. The molecule has 2 amide bonds. The van der Waals surface area contributed by atoms with E-state index in [4.69, 9.17) is 4.74 Å². The second-order valence-electron chi connectivity index (χ2n) is 14.2. The lowest BCUT2D eigenvalue weighted by Crippen LogP contribution is -2.52. The Morgan fingerprint density at radius 3 is 1.76 bits per heavy atom. The van der Waals surface area contributed by atoms with E-state index in [0.29, 0.717) is 25.2 Å². The van der Waals surface area contributed by atoms with Crippen molar-refractivity contribution in [3.8, 4) is 5.75 Å². The van der Waals surface area contributed by atoms with Gasteiger partial charge in [-0.2, -0.15) is 0 Å². The van der Waals surface area contributed by atoms with Crippen molar-refractivity contribution in [2.24, 2.45) is 0 Å². The Morgan fingerprint density at radius 1 is 0.800 bits per heavy atom. The maximum atomic E-state index is 13.7. The van der Waals surface area contributed by atoms with Crippen LogP contribution in [0.1, 0.15) is 106 Å². The van der Waals surface area contributed by atoms with Crippen LogP contribution in [-0.2, 0) is 15.6 Å². The average Bonchev–Trinajstić information content (AvgIpc) is 2.99. The fourth-order valence-corrected chi connectivity index (χ4v) is 6.13. The molecule has 0 atom stereocenters. The highest BCUT2D eigenvalue weighted by molar-refractivity contribution is 5.97. The molecule has 0 bridgehead atoms. The topological polar surface area (TPSA) is 49.9 Å². The summed E-state index contributed by atoms with van der Waals surface area (Å²) in [4.78, 5) is 30.4. The highest BCUT2D eigenvalue weighted by Gasteiger charge is 2.32. The molecule has 45 heavy (non-hydrogen) atoms.